The Bertz CT molecular complexity index is 603. The first-order valence-corrected chi connectivity index (χ1v) is 6.22. The summed E-state index contributed by atoms with van der Waals surface area (Å²) in [6.07, 6.45) is 0. The molecule has 0 bridgehead atoms. The number of nitrogens with two attached hydrogens (primary N) is 1. The van der Waals surface area contributed by atoms with Crippen LogP contribution in [0.25, 0.3) is 0 Å². The first-order chi connectivity index (χ1) is 8.99. The van der Waals surface area contributed by atoms with Gasteiger partial charge >= 0.3 is 6.03 Å². The predicted octanol–water partition coefficient (Wildman–Crippen LogP) is 3.83. The smallest absolute Gasteiger partial charge is 0.323 e. The minimum absolute atomic E-state index is 0.474. The number of primary amides is 1. The van der Waals surface area contributed by atoms with E-state index in [0.717, 1.165) is 28.1 Å². The summed E-state index contributed by atoms with van der Waals surface area (Å²) in [6, 6.07) is 13.3. The molecule has 0 fully saturated rings. The van der Waals surface area contributed by atoms with Crippen molar-refractivity contribution >= 4 is 17.4 Å². The highest BCUT2D eigenvalue weighted by atomic mass is 16.2. The van der Waals surface area contributed by atoms with Crippen LogP contribution in [0.1, 0.15) is 16.7 Å². The van der Waals surface area contributed by atoms with Crippen molar-refractivity contribution in [3.05, 3.63) is 59.2 Å². The van der Waals surface area contributed by atoms with Crippen LogP contribution in [0.2, 0.25) is 0 Å². The maximum Gasteiger partial charge on any atom is 0.323 e. The molecule has 0 radical (unpaired) electrons. The fraction of sp³-hybridized carbons (Fsp3) is 0.188. The first kappa shape index (κ1) is 13.1. The molecule has 3 heteroatoms. The van der Waals surface area contributed by atoms with Gasteiger partial charge in [-0.25, -0.2) is 4.79 Å². The Morgan fingerprint density at radius 2 is 1.53 bits per heavy atom. The Kier molecular flexibility index (Phi) is 3.56. The lowest BCUT2D eigenvalue weighted by Crippen LogP contribution is -2.32. The topological polar surface area (TPSA) is 46.3 Å². The summed E-state index contributed by atoms with van der Waals surface area (Å²) in [4.78, 5) is 13.3. The largest absolute Gasteiger partial charge is 0.351 e. The Morgan fingerprint density at radius 3 is 2.11 bits per heavy atom. The molecule has 19 heavy (non-hydrogen) atoms. The SMILES string of the molecule is Cc1ccc(N(C(N)=O)c2cc(C)ccc2C)cc1. The molecule has 0 saturated carbocycles. The van der Waals surface area contributed by atoms with Crippen LogP contribution in [0, 0.1) is 20.8 Å². The minimum Gasteiger partial charge on any atom is -0.351 e. The molecule has 0 aromatic heterocycles. The van der Waals surface area contributed by atoms with Gasteiger partial charge < -0.3 is 5.73 Å². The van der Waals surface area contributed by atoms with Crippen molar-refractivity contribution in [2.24, 2.45) is 5.73 Å². The third-order valence-corrected chi connectivity index (χ3v) is 3.12. The highest BCUT2D eigenvalue weighted by Crippen LogP contribution is 2.29. The highest BCUT2D eigenvalue weighted by Gasteiger charge is 2.16. The second kappa shape index (κ2) is 5.14. The number of carbonyl (C=O) groups excluding carboxylic acids is 1. The van der Waals surface area contributed by atoms with Crippen LogP contribution in [0.15, 0.2) is 42.5 Å². The van der Waals surface area contributed by atoms with Crippen LogP contribution in [-0.4, -0.2) is 6.03 Å². The third kappa shape index (κ3) is 2.76. The zero-order valence-electron chi connectivity index (χ0n) is 11.5. The molecule has 2 rings (SSSR count). The number of nitrogens with zero attached hydrogens (tertiary/aromatic N) is 1. The van der Waals surface area contributed by atoms with E-state index in [1.807, 2.05) is 63.2 Å². The van der Waals surface area contributed by atoms with Gasteiger partial charge in [-0.3, -0.25) is 4.90 Å². The van der Waals surface area contributed by atoms with Crippen molar-refractivity contribution in [2.75, 3.05) is 4.90 Å². The van der Waals surface area contributed by atoms with Gasteiger partial charge in [-0.15, -0.1) is 0 Å². The highest BCUT2D eigenvalue weighted by molar-refractivity contribution is 5.99. The molecule has 0 aliphatic rings. The van der Waals surface area contributed by atoms with Crippen LogP contribution < -0.4 is 10.6 Å². The van der Waals surface area contributed by atoms with E-state index in [1.165, 1.54) is 0 Å². The number of benzene rings is 2. The van der Waals surface area contributed by atoms with E-state index in [9.17, 15) is 4.79 Å². The summed E-state index contributed by atoms with van der Waals surface area (Å²) in [6.45, 7) is 5.98. The van der Waals surface area contributed by atoms with E-state index in [2.05, 4.69) is 0 Å². The molecule has 0 unspecified atom stereocenters. The predicted molar refractivity (Wildman–Crippen MR) is 78.8 cm³/mol. The summed E-state index contributed by atoms with van der Waals surface area (Å²) in [5, 5.41) is 0. The maximum atomic E-state index is 11.8. The van der Waals surface area contributed by atoms with E-state index >= 15 is 0 Å². The van der Waals surface area contributed by atoms with Crippen molar-refractivity contribution in [1.82, 2.24) is 0 Å². The van der Waals surface area contributed by atoms with E-state index in [4.69, 9.17) is 5.73 Å². The normalized spacial score (nSPS) is 10.3. The second-order valence-electron chi connectivity index (χ2n) is 4.80. The van der Waals surface area contributed by atoms with Gasteiger partial charge in [-0.05, 0) is 50.1 Å². The fourth-order valence-electron chi connectivity index (χ4n) is 2.04. The molecule has 0 aliphatic heterocycles. The molecule has 0 spiro atoms. The van der Waals surface area contributed by atoms with Gasteiger partial charge in [-0.1, -0.05) is 29.8 Å². The van der Waals surface area contributed by atoms with E-state index in [-0.39, 0.29) is 0 Å². The zero-order chi connectivity index (χ0) is 14.0. The average molecular weight is 254 g/mol. The molecule has 0 saturated heterocycles. The Balaban J connectivity index is 2.54. The lowest BCUT2D eigenvalue weighted by molar-refractivity contribution is 0.256. The number of aryl methyl sites for hydroxylation is 3. The molecule has 0 aliphatic carbocycles. The zero-order valence-corrected chi connectivity index (χ0v) is 11.5. The summed E-state index contributed by atoms with van der Waals surface area (Å²) in [7, 11) is 0. The first-order valence-electron chi connectivity index (χ1n) is 6.22. The summed E-state index contributed by atoms with van der Waals surface area (Å²) in [5.74, 6) is 0. The molecule has 2 amide bonds. The summed E-state index contributed by atoms with van der Waals surface area (Å²) in [5.41, 5.74) is 10.4. The Morgan fingerprint density at radius 1 is 0.947 bits per heavy atom. The summed E-state index contributed by atoms with van der Waals surface area (Å²) >= 11 is 0. The van der Waals surface area contributed by atoms with Gasteiger partial charge in [0.2, 0.25) is 0 Å². The Hall–Kier alpha value is -2.29. The molecule has 2 aromatic carbocycles. The number of amides is 2. The lowest BCUT2D eigenvalue weighted by atomic mass is 10.1. The fourth-order valence-corrected chi connectivity index (χ4v) is 2.04. The van der Waals surface area contributed by atoms with Gasteiger partial charge in [-0.2, -0.15) is 0 Å². The molecule has 2 N–H and O–H groups in total. The standard InChI is InChI=1S/C16H18N2O/c1-11-5-8-14(9-6-11)18(16(17)19)15-10-12(2)4-7-13(15)3/h4-10H,1-3H3,(H2,17,19). The number of rotatable bonds is 2. The quantitative estimate of drug-likeness (QED) is 0.869. The van der Waals surface area contributed by atoms with Crippen molar-refractivity contribution in [1.29, 1.82) is 0 Å². The second-order valence-corrected chi connectivity index (χ2v) is 4.80. The van der Waals surface area contributed by atoms with Gasteiger partial charge in [0.15, 0.2) is 0 Å². The minimum atomic E-state index is -0.474. The van der Waals surface area contributed by atoms with E-state index in [0.29, 0.717) is 0 Å². The number of hydrogen-bond donors (Lipinski definition) is 1. The lowest BCUT2D eigenvalue weighted by Gasteiger charge is -2.23. The molecular formula is C16H18N2O. The van der Waals surface area contributed by atoms with Crippen LogP contribution in [0.5, 0.6) is 0 Å². The molecule has 0 atom stereocenters. The summed E-state index contributed by atoms with van der Waals surface area (Å²) < 4.78 is 0. The van der Waals surface area contributed by atoms with Gasteiger partial charge in [0.25, 0.3) is 0 Å². The third-order valence-electron chi connectivity index (χ3n) is 3.12. The molecular weight excluding hydrogens is 236 g/mol. The van der Waals surface area contributed by atoms with Crippen LogP contribution in [-0.2, 0) is 0 Å². The van der Waals surface area contributed by atoms with Gasteiger partial charge in [0, 0.05) is 0 Å². The molecule has 3 nitrogen and oxygen atoms in total. The van der Waals surface area contributed by atoms with E-state index in [1.54, 1.807) is 4.90 Å². The number of urea groups is 1. The van der Waals surface area contributed by atoms with Crippen LogP contribution in [0.3, 0.4) is 0 Å². The molecule has 2 aromatic rings. The number of carbonyl (C=O) groups is 1. The number of hydrogen-bond acceptors (Lipinski definition) is 1. The van der Waals surface area contributed by atoms with Crippen molar-refractivity contribution in [3.63, 3.8) is 0 Å². The van der Waals surface area contributed by atoms with Crippen molar-refractivity contribution in [2.45, 2.75) is 20.8 Å². The molecule has 0 heterocycles. The average Bonchev–Trinajstić information content (AvgIpc) is 2.36. The monoisotopic (exact) mass is 254 g/mol. The van der Waals surface area contributed by atoms with E-state index < -0.39 is 6.03 Å². The van der Waals surface area contributed by atoms with Crippen LogP contribution in [0.4, 0.5) is 16.2 Å². The maximum absolute atomic E-state index is 11.8. The molecule has 98 valence electrons. The van der Waals surface area contributed by atoms with Gasteiger partial charge in [0.1, 0.15) is 0 Å². The van der Waals surface area contributed by atoms with Gasteiger partial charge in [0.05, 0.1) is 11.4 Å². The van der Waals surface area contributed by atoms with Crippen molar-refractivity contribution < 1.29 is 4.79 Å². The van der Waals surface area contributed by atoms with Crippen LogP contribution >= 0.6 is 0 Å². The Labute approximate surface area is 113 Å². The number of anilines is 2. The van der Waals surface area contributed by atoms with Crippen molar-refractivity contribution in [3.8, 4) is 0 Å².